The lowest BCUT2D eigenvalue weighted by molar-refractivity contribution is -0.114. The Labute approximate surface area is 115 Å². The van der Waals surface area contributed by atoms with Gasteiger partial charge in [0.05, 0.1) is 6.61 Å². The third-order valence-electron chi connectivity index (χ3n) is 3.17. The van der Waals surface area contributed by atoms with E-state index in [2.05, 4.69) is 31.4 Å². The lowest BCUT2D eigenvalue weighted by Crippen LogP contribution is -2.38. The molecule has 4 heteroatoms. The molecule has 0 aliphatic carbocycles. The highest BCUT2D eigenvalue weighted by atomic mass is 16.3. The Hall–Kier alpha value is -1.39. The molecule has 0 aromatic heterocycles. The number of nitrogens with one attached hydrogen (secondary N) is 2. The van der Waals surface area contributed by atoms with Crippen molar-refractivity contribution >= 4 is 11.6 Å². The van der Waals surface area contributed by atoms with Crippen LogP contribution in [0.4, 0.5) is 5.69 Å². The smallest absolute Gasteiger partial charge is 0.221 e. The molecule has 0 saturated heterocycles. The summed E-state index contributed by atoms with van der Waals surface area (Å²) in [4.78, 5) is 11.0. The molecule has 0 heterocycles. The molecule has 1 aromatic rings. The number of carbonyl (C=O) groups excluding carboxylic acids is 1. The number of anilines is 1. The second-order valence-electron chi connectivity index (χ2n) is 5.23. The first kappa shape index (κ1) is 15.7. The number of benzene rings is 1. The first-order valence-corrected chi connectivity index (χ1v) is 6.68. The van der Waals surface area contributed by atoms with Crippen LogP contribution >= 0.6 is 0 Å². The van der Waals surface area contributed by atoms with E-state index < -0.39 is 0 Å². The molecule has 0 aliphatic rings. The van der Waals surface area contributed by atoms with E-state index in [1.807, 2.05) is 24.3 Å². The second-order valence-corrected chi connectivity index (χ2v) is 5.23. The second kappa shape index (κ2) is 7.26. The maximum absolute atomic E-state index is 11.0. The minimum Gasteiger partial charge on any atom is -0.395 e. The maximum atomic E-state index is 11.0. The van der Waals surface area contributed by atoms with Gasteiger partial charge in [0.15, 0.2) is 0 Å². The topological polar surface area (TPSA) is 61.4 Å². The molecule has 0 spiro atoms. The highest BCUT2D eigenvalue weighted by molar-refractivity contribution is 5.88. The lowest BCUT2D eigenvalue weighted by atomic mass is 10.0. The molecular weight excluding hydrogens is 240 g/mol. The molecule has 3 N–H and O–H groups in total. The average Bonchev–Trinajstić information content (AvgIpc) is 2.34. The molecule has 2 atom stereocenters. The summed E-state index contributed by atoms with van der Waals surface area (Å²) >= 11 is 0. The zero-order chi connectivity index (χ0) is 14.4. The normalized spacial score (nSPS) is 14.2. The van der Waals surface area contributed by atoms with Crippen molar-refractivity contribution < 1.29 is 9.90 Å². The molecule has 0 radical (unpaired) electrons. The van der Waals surface area contributed by atoms with Gasteiger partial charge in [0, 0.05) is 24.7 Å². The van der Waals surface area contributed by atoms with E-state index in [-0.39, 0.29) is 24.6 Å². The summed E-state index contributed by atoms with van der Waals surface area (Å²) in [5.74, 6) is 0.291. The third kappa shape index (κ3) is 5.01. The Morgan fingerprint density at radius 1 is 1.32 bits per heavy atom. The standard InChI is InChI=1S/C15H24N2O2/c1-10(2)15(9-18)16-11(3)13-6-5-7-14(8-13)17-12(4)19/h5-8,10-11,15-16,18H,9H2,1-4H3,(H,17,19). The van der Waals surface area contributed by atoms with Crippen LogP contribution < -0.4 is 10.6 Å². The summed E-state index contributed by atoms with van der Waals surface area (Å²) in [6.45, 7) is 7.82. The summed E-state index contributed by atoms with van der Waals surface area (Å²) in [6.07, 6.45) is 0. The lowest BCUT2D eigenvalue weighted by Gasteiger charge is -2.25. The number of aliphatic hydroxyl groups is 1. The molecule has 1 amide bonds. The van der Waals surface area contributed by atoms with Gasteiger partial charge < -0.3 is 15.7 Å². The van der Waals surface area contributed by atoms with Gasteiger partial charge >= 0.3 is 0 Å². The fraction of sp³-hybridized carbons (Fsp3) is 0.533. The highest BCUT2D eigenvalue weighted by Gasteiger charge is 2.16. The van der Waals surface area contributed by atoms with Crippen LogP contribution in [0.1, 0.15) is 39.3 Å². The molecule has 19 heavy (non-hydrogen) atoms. The molecule has 0 bridgehead atoms. The van der Waals surface area contributed by atoms with Crippen molar-refractivity contribution in [1.82, 2.24) is 5.32 Å². The van der Waals surface area contributed by atoms with Gasteiger partial charge in [-0.15, -0.1) is 0 Å². The maximum Gasteiger partial charge on any atom is 0.221 e. The predicted octanol–water partition coefficient (Wildman–Crippen LogP) is 2.31. The molecule has 0 aliphatic heterocycles. The molecule has 4 nitrogen and oxygen atoms in total. The average molecular weight is 264 g/mol. The van der Waals surface area contributed by atoms with Crippen molar-refractivity contribution in [2.24, 2.45) is 5.92 Å². The summed E-state index contributed by atoms with van der Waals surface area (Å²) < 4.78 is 0. The van der Waals surface area contributed by atoms with Gasteiger partial charge in [-0.1, -0.05) is 26.0 Å². The summed E-state index contributed by atoms with van der Waals surface area (Å²) in [5, 5.41) is 15.5. The van der Waals surface area contributed by atoms with E-state index >= 15 is 0 Å². The fourth-order valence-corrected chi connectivity index (χ4v) is 1.96. The minimum atomic E-state index is -0.0758. The van der Waals surface area contributed by atoms with Gasteiger partial charge in [-0.25, -0.2) is 0 Å². The van der Waals surface area contributed by atoms with Crippen molar-refractivity contribution in [2.75, 3.05) is 11.9 Å². The molecule has 1 rings (SSSR count). The van der Waals surface area contributed by atoms with Gasteiger partial charge in [0.25, 0.3) is 0 Å². The van der Waals surface area contributed by atoms with Crippen LogP contribution in [0.25, 0.3) is 0 Å². The number of rotatable bonds is 6. The van der Waals surface area contributed by atoms with Crippen molar-refractivity contribution in [3.05, 3.63) is 29.8 Å². The third-order valence-corrected chi connectivity index (χ3v) is 3.17. The van der Waals surface area contributed by atoms with Gasteiger partial charge in [-0.3, -0.25) is 4.79 Å². The van der Waals surface area contributed by atoms with Crippen molar-refractivity contribution in [1.29, 1.82) is 0 Å². The summed E-state index contributed by atoms with van der Waals surface area (Å²) in [6, 6.07) is 7.93. The molecular formula is C15H24N2O2. The fourth-order valence-electron chi connectivity index (χ4n) is 1.96. The van der Waals surface area contributed by atoms with Crippen molar-refractivity contribution in [3.63, 3.8) is 0 Å². The van der Waals surface area contributed by atoms with Gasteiger partial charge in [0.1, 0.15) is 0 Å². The van der Waals surface area contributed by atoms with E-state index in [1.165, 1.54) is 6.92 Å². The Balaban J connectivity index is 2.76. The van der Waals surface area contributed by atoms with E-state index in [0.29, 0.717) is 5.92 Å². The van der Waals surface area contributed by atoms with Gasteiger partial charge in [-0.2, -0.15) is 0 Å². The summed E-state index contributed by atoms with van der Waals surface area (Å²) in [7, 11) is 0. The Morgan fingerprint density at radius 3 is 2.53 bits per heavy atom. The zero-order valence-electron chi connectivity index (χ0n) is 12.1. The van der Waals surface area contributed by atoms with Crippen LogP contribution in [0.5, 0.6) is 0 Å². The van der Waals surface area contributed by atoms with Crippen LogP contribution in [-0.4, -0.2) is 23.7 Å². The molecule has 2 unspecified atom stereocenters. The molecule has 0 saturated carbocycles. The Bertz CT molecular complexity index is 418. The number of hydrogen-bond acceptors (Lipinski definition) is 3. The largest absolute Gasteiger partial charge is 0.395 e. The van der Waals surface area contributed by atoms with E-state index in [0.717, 1.165) is 11.3 Å². The molecule has 0 fully saturated rings. The molecule has 106 valence electrons. The predicted molar refractivity (Wildman–Crippen MR) is 78.0 cm³/mol. The Kier molecular flexibility index (Phi) is 5.99. The number of hydrogen-bond donors (Lipinski definition) is 3. The van der Waals surface area contributed by atoms with Crippen LogP contribution in [0.2, 0.25) is 0 Å². The van der Waals surface area contributed by atoms with Crippen LogP contribution in [0.15, 0.2) is 24.3 Å². The monoisotopic (exact) mass is 264 g/mol. The molecule has 1 aromatic carbocycles. The van der Waals surface area contributed by atoms with E-state index in [4.69, 9.17) is 0 Å². The van der Waals surface area contributed by atoms with Crippen LogP contribution in [0.3, 0.4) is 0 Å². The first-order valence-electron chi connectivity index (χ1n) is 6.68. The minimum absolute atomic E-state index is 0.0689. The highest BCUT2D eigenvalue weighted by Crippen LogP contribution is 2.19. The SMILES string of the molecule is CC(=O)Nc1cccc(C(C)NC(CO)C(C)C)c1. The van der Waals surface area contributed by atoms with Crippen LogP contribution in [0, 0.1) is 5.92 Å². The zero-order valence-corrected chi connectivity index (χ0v) is 12.1. The first-order chi connectivity index (χ1) is 8.93. The van der Waals surface area contributed by atoms with Crippen molar-refractivity contribution in [3.8, 4) is 0 Å². The quantitative estimate of drug-likeness (QED) is 0.739. The number of carbonyl (C=O) groups is 1. The van der Waals surface area contributed by atoms with E-state index in [1.54, 1.807) is 0 Å². The van der Waals surface area contributed by atoms with Crippen LogP contribution in [-0.2, 0) is 4.79 Å². The van der Waals surface area contributed by atoms with Crippen molar-refractivity contribution in [2.45, 2.75) is 39.8 Å². The van der Waals surface area contributed by atoms with E-state index in [9.17, 15) is 9.90 Å². The van der Waals surface area contributed by atoms with Gasteiger partial charge in [0.2, 0.25) is 5.91 Å². The Morgan fingerprint density at radius 2 is 2.00 bits per heavy atom. The van der Waals surface area contributed by atoms with Gasteiger partial charge in [-0.05, 0) is 30.5 Å². The number of aliphatic hydroxyl groups excluding tert-OH is 1. The summed E-state index contributed by atoms with van der Waals surface area (Å²) in [5.41, 5.74) is 1.88. The number of amides is 1.